The van der Waals surface area contributed by atoms with Crippen LogP contribution in [0.3, 0.4) is 0 Å². The van der Waals surface area contributed by atoms with E-state index in [1.54, 1.807) is 11.3 Å². The summed E-state index contributed by atoms with van der Waals surface area (Å²) in [6, 6.07) is 62.2. The molecular formula is C51H29N3OS. The number of thiophene rings is 1. The molecule has 0 N–H and O–H groups in total. The van der Waals surface area contributed by atoms with Gasteiger partial charge in [-0.1, -0.05) is 140 Å². The van der Waals surface area contributed by atoms with Gasteiger partial charge in [0.1, 0.15) is 11.2 Å². The van der Waals surface area contributed by atoms with Gasteiger partial charge < -0.3 is 4.42 Å². The van der Waals surface area contributed by atoms with Gasteiger partial charge in [-0.3, -0.25) is 0 Å². The van der Waals surface area contributed by atoms with Crippen LogP contribution in [0.15, 0.2) is 180 Å². The molecule has 0 bridgehead atoms. The second kappa shape index (κ2) is 12.2. The predicted octanol–water partition coefficient (Wildman–Crippen LogP) is 14.3. The first-order valence-corrected chi connectivity index (χ1v) is 19.6. The number of benzene rings is 9. The number of aromatic nitrogens is 3. The average molecular weight is 732 g/mol. The van der Waals surface area contributed by atoms with Crippen molar-refractivity contribution >= 4 is 85.8 Å². The van der Waals surface area contributed by atoms with Crippen molar-refractivity contribution in [2.75, 3.05) is 0 Å². The minimum absolute atomic E-state index is 0.599. The van der Waals surface area contributed by atoms with Crippen molar-refractivity contribution < 1.29 is 4.42 Å². The van der Waals surface area contributed by atoms with Crippen LogP contribution in [0, 0.1) is 0 Å². The highest BCUT2D eigenvalue weighted by molar-refractivity contribution is 7.25. The molecule has 0 fully saturated rings. The Labute approximate surface area is 325 Å². The fourth-order valence-corrected chi connectivity index (χ4v) is 9.64. The van der Waals surface area contributed by atoms with Crippen LogP contribution in [0.1, 0.15) is 0 Å². The molecule has 0 saturated carbocycles. The van der Waals surface area contributed by atoms with Gasteiger partial charge >= 0.3 is 0 Å². The average Bonchev–Trinajstić information content (AvgIpc) is 3.84. The SMILES string of the molecule is c1ccc(-c2nc(-c3ccc4c(c3)oc3cccc(-c5ccc6c7ccccc7c7ccccc7c6c5)c34)nc(-c3ccc4c(c3)sc3ccccc34)n2)cc1. The highest BCUT2D eigenvalue weighted by Gasteiger charge is 2.18. The number of nitrogens with zero attached hydrogens (tertiary/aromatic N) is 3. The summed E-state index contributed by atoms with van der Waals surface area (Å²) in [5.41, 5.74) is 6.68. The van der Waals surface area contributed by atoms with Crippen molar-refractivity contribution in [3.05, 3.63) is 176 Å². The van der Waals surface area contributed by atoms with E-state index in [1.165, 1.54) is 52.5 Å². The molecule has 0 amide bonds. The van der Waals surface area contributed by atoms with Crippen LogP contribution in [-0.4, -0.2) is 15.0 Å². The number of hydrogen-bond acceptors (Lipinski definition) is 5. The van der Waals surface area contributed by atoms with E-state index in [2.05, 4.69) is 146 Å². The van der Waals surface area contributed by atoms with Gasteiger partial charge in [0.25, 0.3) is 0 Å². The first-order chi connectivity index (χ1) is 27.7. The second-order valence-electron chi connectivity index (χ2n) is 14.3. The van der Waals surface area contributed by atoms with Gasteiger partial charge in [-0.25, -0.2) is 15.0 Å². The molecule has 12 aromatic rings. The van der Waals surface area contributed by atoms with Gasteiger partial charge in [-0.2, -0.15) is 0 Å². The van der Waals surface area contributed by atoms with Crippen molar-refractivity contribution in [2.45, 2.75) is 0 Å². The maximum Gasteiger partial charge on any atom is 0.164 e. The smallest absolute Gasteiger partial charge is 0.164 e. The lowest BCUT2D eigenvalue weighted by Crippen LogP contribution is -2.00. The third-order valence-electron chi connectivity index (χ3n) is 11.1. The summed E-state index contributed by atoms with van der Waals surface area (Å²) < 4.78 is 9.11. The van der Waals surface area contributed by atoms with Crippen LogP contribution in [-0.2, 0) is 0 Å². The van der Waals surface area contributed by atoms with Crippen molar-refractivity contribution in [3.63, 3.8) is 0 Å². The summed E-state index contributed by atoms with van der Waals surface area (Å²) in [5, 5.41) is 12.2. The van der Waals surface area contributed by atoms with E-state index >= 15 is 0 Å². The molecule has 3 aromatic heterocycles. The highest BCUT2D eigenvalue weighted by atomic mass is 32.1. The molecule has 56 heavy (non-hydrogen) atoms. The van der Waals surface area contributed by atoms with E-state index in [1.807, 2.05) is 30.3 Å². The standard InChI is InChI=1S/C51H29N3OS/c1-2-11-30(12-3-1)49-52-50(54-51(53-49)33-22-25-41-40-17-8-9-20-46(40)56-47(41)29-33)32-23-26-42-45(28-32)55-44-19-10-18-34(48(42)44)31-21-24-39-37-15-5-4-13-35(37)36-14-6-7-16-38(36)43(39)27-31/h1-29H. The Morgan fingerprint density at radius 2 is 0.857 bits per heavy atom. The Bertz CT molecular complexity index is 3510. The first-order valence-electron chi connectivity index (χ1n) is 18.8. The molecule has 260 valence electrons. The molecule has 3 heterocycles. The molecule has 0 unspecified atom stereocenters. The van der Waals surface area contributed by atoms with Gasteiger partial charge in [-0.05, 0) is 79.8 Å². The molecule has 0 atom stereocenters. The zero-order valence-electron chi connectivity index (χ0n) is 29.9. The number of hydrogen-bond donors (Lipinski definition) is 0. The van der Waals surface area contributed by atoms with Crippen LogP contribution >= 0.6 is 11.3 Å². The van der Waals surface area contributed by atoms with Crippen molar-refractivity contribution in [1.82, 2.24) is 15.0 Å². The van der Waals surface area contributed by atoms with E-state index in [-0.39, 0.29) is 0 Å². The van der Waals surface area contributed by atoms with Crippen LogP contribution in [0.4, 0.5) is 0 Å². The zero-order chi connectivity index (χ0) is 36.7. The lowest BCUT2D eigenvalue weighted by Gasteiger charge is -2.12. The largest absolute Gasteiger partial charge is 0.456 e. The summed E-state index contributed by atoms with van der Waals surface area (Å²) in [6.07, 6.45) is 0. The van der Waals surface area contributed by atoms with Gasteiger partial charge in [0.05, 0.1) is 0 Å². The second-order valence-corrected chi connectivity index (χ2v) is 15.4. The Morgan fingerprint density at radius 1 is 0.321 bits per heavy atom. The summed E-state index contributed by atoms with van der Waals surface area (Å²) in [7, 11) is 0. The van der Waals surface area contributed by atoms with Gasteiger partial charge in [-0.15, -0.1) is 11.3 Å². The maximum absolute atomic E-state index is 6.63. The normalized spacial score (nSPS) is 11.9. The molecule has 0 radical (unpaired) electrons. The molecule has 0 saturated heterocycles. The fraction of sp³-hybridized carbons (Fsp3) is 0. The van der Waals surface area contributed by atoms with Crippen LogP contribution in [0.2, 0.25) is 0 Å². The minimum atomic E-state index is 0.599. The molecule has 0 spiro atoms. The molecule has 0 aliphatic heterocycles. The van der Waals surface area contributed by atoms with Crippen LogP contribution in [0.25, 0.3) is 120 Å². The third-order valence-corrected chi connectivity index (χ3v) is 12.2. The molecule has 4 nitrogen and oxygen atoms in total. The lowest BCUT2D eigenvalue weighted by molar-refractivity contribution is 0.669. The van der Waals surface area contributed by atoms with Crippen LogP contribution in [0.5, 0.6) is 0 Å². The van der Waals surface area contributed by atoms with Crippen molar-refractivity contribution in [1.29, 1.82) is 0 Å². The Hall–Kier alpha value is -7.21. The summed E-state index contributed by atoms with van der Waals surface area (Å²) in [6.45, 7) is 0. The topological polar surface area (TPSA) is 51.8 Å². The summed E-state index contributed by atoms with van der Waals surface area (Å²) in [4.78, 5) is 15.2. The monoisotopic (exact) mass is 731 g/mol. The van der Waals surface area contributed by atoms with E-state index in [0.717, 1.165) is 49.8 Å². The number of fused-ring (bicyclic) bond motifs is 12. The first kappa shape index (κ1) is 31.2. The molecular weight excluding hydrogens is 703 g/mol. The Kier molecular flexibility index (Phi) is 6.76. The fourth-order valence-electron chi connectivity index (χ4n) is 8.50. The molecule has 12 rings (SSSR count). The van der Waals surface area contributed by atoms with Gasteiger partial charge in [0, 0.05) is 47.6 Å². The highest BCUT2D eigenvalue weighted by Crippen LogP contribution is 2.42. The van der Waals surface area contributed by atoms with E-state index in [9.17, 15) is 0 Å². The summed E-state index contributed by atoms with van der Waals surface area (Å²) in [5.74, 6) is 1.86. The van der Waals surface area contributed by atoms with Crippen LogP contribution < -0.4 is 0 Å². The Balaban J connectivity index is 1.01. The molecule has 0 aliphatic carbocycles. The van der Waals surface area contributed by atoms with Gasteiger partial charge in [0.2, 0.25) is 0 Å². The molecule has 9 aromatic carbocycles. The number of rotatable bonds is 4. The van der Waals surface area contributed by atoms with Crippen molar-refractivity contribution in [3.8, 4) is 45.3 Å². The Morgan fingerprint density at radius 3 is 1.59 bits per heavy atom. The minimum Gasteiger partial charge on any atom is -0.456 e. The lowest BCUT2D eigenvalue weighted by atomic mass is 9.91. The third kappa shape index (κ3) is 4.81. The van der Waals surface area contributed by atoms with E-state index < -0.39 is 0 Å². The quantitative estimate of drug-likeness (QED) is 0.169. The number of furan rings is 1. The predicted molar refractivity (Wildman–Crippen MR) is 234 cm³/mol. The van der Waals surface area contributed by atoms with Crippen molar-refractivity contribution in [2.24, 2.45) is 0 Å². The summed E-state index contributed by atoms with van der Waals surface area (Å²) >= 11 is 1.79. The molecule has 0 aliphatic rings. The zero-order valence-corrected chi connectivity index (χ0v) is 30.7. The molecule has 5 heteroatoms. The van der Waals surface area contributed by atoms with E-state index in [0.29, 0.717) is 17.5 Å². The maximum atomic E-state index is 6.63. The van der Waals surface area contributed by atoms with Gasteiger partial charge in [0.15, 0.2) is 17.5 Å². The van der Waals surface area contributed by atoms with E-state index in [4.69, 9.17) is 19.4 Å².